The molecule has 55 heavy (non-hydrogen) atoms. The van der Waals surface area contributed by atoms with E-state index in [2.05, 4.69) is 24.9 Å². The minimum Gasteiger partial charge on any atom is -0.459 e. The van der Waals surface area contributed by atoms with Crippen LogP contribution < -0.4 is 19.5 Å². The molecule has 4 N–H and O–H groups in total. The average molecular weight is 834 g/mol. The Bertz CT molecular complexity index is 2210. The molecule has 298 valence electrons. The summed E-state index contributed by atoms with van der Waals surface area (Å²) in [7, 11) is -6.96. The number of benzene rings is 2. The Balaban J connectivity index is 1.23. The molecule has 2 fully saturated rings. The van der Waals surface area contributed by atoms with Crippen molar-refractivity contribution in [3.63, 3.8) is 0 Å². The number of nitrogens with one attached hydrogen (secondary N) is 2. The Morgan fingerprint density at radius 3 is 2.49 bits per heavy atom. The molecule has 23 heteroatoms. The predicted octanol–water partition coefficient (Wildman–Crippen LogP) is 3.87. The number of hydrazine groups is 1. The number of halogens is 4. The van der Waals surface area contributed by atoms with E-state index in [-0.39, 0.29) is 41.1 Å². The zero-order chi connectivity index (χ0) is 40.0. The fourth-order valence-electron chi connectivity index (χ4n) is 6.17. The number of aromatic nitrogens is 4. The highest BCUT2D eigenvalue weighted by Crippen LogP contribution is 2.52. The zero-order valence-electron chi connectivity index (χ0n) is 29.3. The number of imidazole rings is 1. The molecule has 1 saturated carbocycles. The quantitative estimate of drug-likeness (QED) is 0.0806. The number of ether oxygens (including phenoxy) is 2. The number of anilines is 1. The van der Waals surface area contributed by atoms with Gasteiger partial charge in [0.15, 0.2) is 23.2 Å². The fraction of sp³-hybridized carbons (Fsp3) is 0.438. The van der Waals surface area contributed by atoms with Gasteiger partial charge in [0.25, 0.3) is 0 Å². The Hall–Kier alpha value is -3.92. The molecular formula is C32H36ClF3N7O10PS. The van der Waals surface area contributed by atoms with Crippen LogP contribution in [-0.4, -0.2) is 87.4 Å². The first-order valence-corrected chi connectivity index (χ1v) is 20.3. The molecular weight excluding hydrogens is 798 g/mol. The summed E-state index contributed by atoms with van der Waals surface area (Å²) in [6.07, 6.45) is -5.25. The second-order valence-corrected chi connectivity index (χ2v) is 17.1. The SMILES string of the molecule is CN(NS(C)(=O)=O)c1ncnc2c1ncn2C1OC(COP(=O)(NC2(C(=O)OCc3ccccc3C(F)(F)F)CCC2)Oc2ccc(Cl)cc2)[C@@H](O)[C@@]1(C)O. The molecule has 1 aliphatic heterocycles. The Morgan fingerprint density at radius 1 is 1.16 bits per heavy atom. The number of hydrogen-bond donors (Lipinski definition) is 4. The van der Waals surface area contributed by atoms with E-state index in [1.54, 1.807) is 0 Å². The van der Waals surface area contributed by atoms with Crippen molar-refractivity contribution in [3.8, 4) is 5.75 Å². The lowest BCUT2D eigenvalue weighted by Gasteiger charge is -2.41. The van der Waals surface area contributed by atoms with E-state index >= 15 is 0 Å². The maximum Gasteiger partial charge on any atom is 0.459 e. The number of esters is 1. The fourth-order valence-corrected chi connectivity index (χ4v) is 8.63. The number of fused-ring (bicyclic) bond motifs is 1. The van der Waals surface area contributed by atoms with Gasteiger partial charge in [0.2, 0.25) is 10.0 Å². The molecule has 3 unspecified atom stereocenters. The molecule has 2 aromatic heterocycles. The summed E-state index contributed by atoms with van der Waals surface area (Å²) in [4.78, 5) is 28.3. The molecule has 17 nitrogen and oxygen atoms in total. The molecule has 4 aromatic rings. The lowest BCUT2D eigenvalue weighted by atomic mass is 9.78. The molecule has 5 atom stereocenters. The molecule has 2 aliphatic rings. The van der Waals surface area contributed by atoms with Gasteiger partial charge in [-0.3, -0.25) is 18.9 Å². The van der Waals surface area contributed by atoms with Gasteiger partial charge in [-0.25, -0.2) is 27.9 Å². The van der Waals surface area contributed by atoms with Gasteiger partial charge in [0.1, 0.15) is 42.0 Å². The number of carbonyl (C=O) groups is 1. The van der Waals surface area contributed by atoms with Gasteiger partial charge in [-0.05, 0) is 56.5 Å². The summed E-state index contributed by atoms with van der Waals surface area (Å²) < 4.78 is 103. The van der Waals surface area contributed by atoms with E-state index in [4.69, 9.17) is 30.1 Å². The Morgan fingerprint density at radius 2 is 1.85 bits per heavy atom. The van der Waals surface area contributed by atoms with Crippen LogP contribution in [0.15, 0.2) is 61.2 Å². The highest BCUT2D eigenvalue weighted by Gasteiger charge is 2.56. The summed E-state index contributed by atoms with van der Waals surface area (Å²) in [6.45, 7) is -0.144. The summed E-state index contributed by atoms with van der Waals surface area (Å²) in [5, 5.41) is 26.8. The third-order valence-corrected chi connectivity index (χ3v) is 11.5. The molecule has 0 amide bonds. The van der Waals surface area contributed by atoms with Crippen LogP contribution in [0.1, 0.15) is 43.5 Å². The smallest absolute Gasteiger partial charge is 0.459 e. The van der Waals surface area contributed by atoms with Crippen molar-refractivity contribution >= 4 is 52.3 Å². The normalized spacial score (nSPS) is 23.5. The summed E-state index contributed by atoms with van der Waals surface area (Å²) in [5.74, 6) is -0.938. The molecule has 0 spiro atoms. The van der Waals surface area contributed by atoms with Gasteiger partial charge >= 0.3 is 19.9 Å². The Labute approximate surface area is 317 Å². The Kier molecular flexibility index (Phi) is 11.3. The molecule has 6 rings (SSSR count). The van der Waals surface area contributed by atoms with E-state index in [0.29, 0.717) is 11.4 Å². The largest absolute Gasteiger partial charge is 0.459 e. The number of nitrogens with zero attached hydrogens (tertiary/aromatic N) is 5. The van der Waals surface area contributed by atoms with Gasteiger partial charge < -0.3 is 24.2 Å². The van der Waals surface area contributed by atoms with Crippen LogP contribution in [0.4, 0.5) is 19.0 Å². The topological polar surface area (TPSA) is 217 Å². The minimum atomic E-state index is -4.70. The van der Waals surface area contributed by atoms with Crippen LogP contribution in [0, 0.1) is 0 Å². The van der Waals surface area contributed by atoms with Crippen LogP contribution in [0.2, 0.25) is 5.02 Å². The van der Waals surface area contributed by atoms with Crippen LogP contribution in [0.5, 0.6) is 5.75 Å². The van der Waals surface area contributed by atoms with Crippen molar-refractivity contribution in [1.29, 1.82) is 0 Å². The van der Waals surface area contributed by atoms with Crippen molar-refractivity contribution in [3.05, 3.63) is 77.3 Å². The lowest BCUT2D eigenvalue weighted by molar-refractivity contribution is -0.157. The molecule has 1 aliphatic carbocycles. The standard InChI is InChI=1S/C32H36ClF3N7O10PS/c1-30(46)25(44)23(52-28(30)43-18-39-24-26(37-17-38-27(24)43)42(2)41-55(3,48)49)16-51-54(47,53-21-11-9-20(33)10-12-21)40-31(13-6-14-31)29(45)50-15-19-7-4-5-8-22(19)32(34,35)36/h4-5,7-12,17-18,23,25,28,41,44,46H,6,13-16H2,1-3H3,(H,40,47)/t23?,25-,28?,30-,54?/m1/s1. The third kappa shape index (κ3) is 8.74. The number of aliphatic hydroxyl groups is 2. The number of alkyl halides is 3. The van der Waals surface area contributed by atoms with Crippen LogP contribution in [-0.2, 0) is 46.2 Å². The van der Waals surface area contributed by atoms with E-state index in [1.165, 1.54) is 67.3 Å². The van der Waals surface area contributed by atoms with E-state index in [0.717, 1.165) is 23.7 Å². The van der Waals surface area contributed by atoms with Gasteiger partial charge in [-0.1, -0.05) is 29.8 Å². The zero-order valence-corrected chi connectivity index (χ0v) is 31.8. The first kappa shape index (κ1) is 40.7. The molecule has 0 radical (unpaired) electrons. The van der Waals surface area contributed by atoms with Crippen molar-refractivity contribution in [2.75, 3.05) is 24.9 Å². The number of hydrogen-bond acceptors (Lipinski definition) is 14. The second kappa shape index (κ2) is 15.2. The van der Waals surface area contributed by atoms with Crippen molar-refractivity contribution in [1.82, 2.24) is 29.4 Å². The summed E-state index contributed by atoms with van der Waals surface area (Å²) >= 11 is 6.00. The number of rotatable bonds is 14. The van der Waals surface area contributed by atoms with E-state index in [1.807, 2.05) is 0 Å². The summed E-state index contributed by atoms with van der Waals surface area (Å²) in [6, 6.07) is 10.3. The predicted molar refractivity (Wildman–Crippen MR) is 189 cm³/mol. The number of aliphatic hydroxyl groups excluding tert-OH is 1. The van der Waals surface area contributed by atoms with E-state index in [9.17, 15) is 41.2 Å². The highest BCUT2D eigenvalue weighted by molar-refractivity contribution is 7.88. The third-order valence-electron chi connectivity index (χ3n) is 9.05. The number of sulfonamides is 1. The molecule has 0 bridgehead atoms. The maximum absolute atomic E-state index is 14.5. The van der Waals surface area contributed by atoms with Gasteiger partial charge in [0.05, 0.1) is 24.8 Å². The molecule has 2 aromatic carbocycles. The van der Waals surface area contributed by atoms with E-state index < -0.39 is 78.3 Å². The average Bonchev–Trinajstić information content (AvgIpc) is 3.61. The molecule has 3 heterocycles. The van der Waals surface area contributed by atoms with Crippen LogP contribution >= 0.6 is 19.3 Å². The monoisotopic (exact) mass is 833 g/mol. The first-order chi connectivity index (χ1) is 25.7. The van der Waals surface area contributed by atoms with Crippen molar-refractivity contribution in [2.24, 2.45) is 0 Å². The first-order valence-electron chi connectivity index (χ1n) is 16.5. The molecule has 1 saturated heterocycles. The van der Waals surface area contributed by atoms with Crippen molar-refractivity contribution < 1.29 is 59.7 Å². The van der Waals surface area contributed by atoms with Crippen LogP contribution in [0.3, 0.4) is 0 Å². The maximum atomic E-state index is 14.5. The van der Waals surface area contributed by atoms with Crippen molar-refractivity contribution in [2.45, 2.75) is 68.5 Å². The van der Waals surface area contributed by atoms with Crippen LogP contribution in [0.25, 0.3) is 11.2 Å². The summed E-state index contributed by atoms with van der Waals surface area (Å²) in [5.41, 5.74) is -4.80. The number of carbonyl (C=O) groups excluding carboxylic acids is 1. The minimum absolute atomic E-state index is 0.00403. The highest BCUT2D eigenvalue weighted by atomic mass is 35.5. The second-order valence-electron chi connectivity index (χ2n) is 13.3. The van der Waals surface area contributed by atoms with Gasteiger partial charge in [-0.15, -0.1) is 4.83 Å². The van der Waals surface area contributed by atoms with Gasteiger partial charge in [0, 0.05) is 17.6 Å². The lowest BCUT2D eigenvalue weighted by Crippen LogP contribution is -2.57. The van der Waals surface area contributed by atoms with Gasteiger partial charge in [-0.2, -0.15) is 18.3 Å².